The maximum atomic E-state index is 13.0. The second kappa shape index (κ2) is 6.93. The molecule has 0 bridgehead atoms. The Morgan fingerprint density at radius 2 is 1.83 bits per heavy atom. The van der Waals surface area contributed by atoms with Gasteiger partial charge in [0.05, 0.1) is 18.4 Å². The van der Waals surface area contributed by atoms with Gasteiger partial charge in [0.1, 0.15) is 10.8 Å². The van der Waals surface area contributed by atoms with E-state index >= 15 is 0 Å². The van der Waals surface area contributed by atoms with Crippen molar-refractivity contribution in [3.05, 3.63) is 57.2 Å². The normalized spacial score (nSPS) is 21.1. The molecule has 0 saturated carbocycles. The van der Waals surface area contributed by atoms with Crippen molar-refractivity contribution in [2.75, 3.05) is 18.0 Å². The molecule has 0 unspecified atom stereocenters. The van der Waals surface area contributed by atoms with E-state index in [1.54, 1.807) is 18.3 Å². The van der Waals surface area contributed by atoms with Gasteiger partial charge in [0.2, 0.25) is 0 Å². The van der Waals surface area contributed by atoms with Crippen molar-refractivity contribution < 1.29 is 4.39 Å². The first-order valence-electron chi connectivity index (χ1n) is 8.19. The molecule has 0 amide bonds. The van der Waals surface area contributed by atoms with Crippen LogP contribution in [0.15, 0.2) is 35.3 Å². The number of hydrogen-bond acceptors (Lipinski definition) is 3. The van der Waals surface area contributed by atoms with Gasteiger partial charge in [0.25, 0.3) is 5.56 Å². The quantitative estimate of drug-likeness (QED) is 0.850. The fraction of sp³-hybridized carbons (Fsp3) is 0.444. The number of nitrogens with zero attached hydrogens (tertiary/aromatic N) is 3. The van der Waals surface area contributed by atoms with Crippen LogP contribution in [0.1, 0.15) is 25.8 Å². The molecule has 1 aromatic heterocycles. The van der Waals surface area contributed by atoms with Crippen LogP contribution in [-0.2, 0) is 6.54 Å². The van der Waals surface area contributed by atoms with E-state index in [1.807, 2.05) is 0 Å². The maximum Gasteiger partial charge on any atom is 0.287 e. The second-order valence-electron chi connectivity index (χ2n) is 6.78. The van der Waals surface area contributed by atoms with Crippen molar-refractivity contribution in [2.24, 2.45) is 11.8 Å². The molecule has 24 heavy (non-hydrogen) atoms. The fourth-order valence-electron chi connectivity index (χ4n) is 3.41. The molecule has 1 fully saturated rings. The number of benzene rings is 1. The molecule has 1 aromatic carbocycles. The van der Waals surface area contributed by atoms with Crippen LogP contribution >= 0.6 is 11.6 Å². The molecule has 3 rings (SSSR count). The minimum absolute atomic E-state index is 0.202. The van der Waals surface area contributed by atoms with E-state index in [1.165, 1.54) is 23.2 Å². The molecular weight excluding hydrogens is 329 g/mol. The van der Waals surface area contributed by atoms with Crippen molar-refractivity contribution in [3.63, 3.8) is 0 Å². The summed E-state index contributed by atoms with van der Waals surface area (Å²) in [6, 6.07) is 6.01. The monoisotopic (exact) mass is 349 g/mol. The molecule has 0 N–H and O–H groups in total. The lowest BCUT2D eigenvalue weighted by atomic mass is 9.92. The third-order valence-electron chi connectivity index (χ3n) is 4.42. The molecule has 128 valence electrons. The summed E-state index contributed by atoms with van der Waals surface area (Å²) in [6.45, 7) is 6.45. The van der Waals surface area contributed by atoms with Crippen LogP contribution in [0.2, 0.25) is 5.02 Å². The van der Waals surface area contributed by atoms with Gasteiger partial charge in [0.15, 0.2) is 0 Å². The van der Waals surface area contributed by atoms with Crippen LogP contribution in [0, 0.1) is 17.7 Å². The molecule has 6 heteroatoms. The highest BCUT2D eigenvalue weighted by molar-refractivity contribution is 6.33. The van der Waals surface area contributed by atoms with E-state index in [0.717, 1.165) is 18.7 Å². The minimum Gasteiger partial charge on any atom is -0.368 e. The maximum absolute atomic E-state index is 13.0. The molecule has 0 aliphatic carbocycles. The largest absolute Gasteiger partial charge is 0.368 e. The standard InChI is InChI=1S/C18H21ClFN3O/c1-12-7-13(2)10-22(9-12)16-8-21-23(18(24)17(16)19)11-14-3-5-15(20)6-4-14/h3-6,8,12-13H,7,9-11H2,1-2H3/t12-,13+. The van der Waals surface area contributed by atoms with Gasteiger partial charge in [-0.25, -0.2) is 9.07 Å². The van der Waals surface area contributed by atoms with Crippen LogP contribution in [0.4, 0.5) is 10.1 Å². The zero-order valence-electron chi connectivity index (χ0n) is 13.9. The summed E-state index contributed by atoms with van der Waals surface area (Å²) >= 11 is 6.34. The van der Waals surface area contributed by atoms with Gasteiger partial charge >= 0.3 is 0 Å². The molecule has 2 aromatic rings. The molecule has 2 heterocycles. The summed E-state index contributed by atoms with van der Waals surface area (Å²) in [7, 11) is 0. The van der Waals surface area contributed by atoms with Crippen LogP contribution in [0.3, 0.4) is 0 Å². The van der Waals surface area contributed by atoms with Gasteiger partial charge in [-0.2, -0.15) is 5.10 Å². The Morgan fingerprint density at radius 1 is 1.21 bits per heavy atom. The minimum atomic E-state index is -0.315. The Bertz CT molecular complexity index is 765. The Labute approximate surface area is 145 Å². The third kappa shape index (κ3) is 3.61. The Kier molecular flexibility index (Phi) is 4.90. The third-order valence-corrected chi connectivity index (χ3v) is 4.78. The SMILES string of the molecule is C[C@@H]1C[C@H](C)CN(c2cnn(Cc3ccc(F)cc3)c(=O)c2Cl)C1. The van der Waals surface area contributed by atoms with E-state index in [-0.39, 0.29) is 22.9 Å². The smallest absolute Gasteiger partial charge is 0.287 e. The summed E-state index contributed by atoms with van der Waals surface area (Å²) in [5.41, 5.74) is 1.19. The van der Waals surface area contributed by atoms with Crippen molar-refractivity contribution in [1.29, 1.82) is 0 Å². The molecule has 0 radical (unpaired) electrons. The average Bonchev–Trinajstić information content (AvgIpc) is 2.53. The van der Waals surface area contributed by atoms with E-state index in [0.29, 0.717) is 17.5 Å². The Morgan fingerprint density at radius 3 is 2.46 bits per heavy atom. The van der Waals surface area contributed by atoms with Crippen LogP contribution in [0.25, 0.3) is 0 Å². The molecule has 1 saturated heterocycles. The summed E-state index contributed by atoms with van der Waals surface area (Å²) in [5.74, 6) is 0.818. The molecule has 4 nitrogen and oxygen atoms in total. The number of halogens is 2. The first kappa shape index (κ1) is 17.0. The van der Waals surface area contributed by atoms with Crippen LogP contribution in [-0.4, -0.2) is 22.9 Å². The molecule has 2 atom stereocenters. The fourth-order valence-corrected chi connectivity index (χ4v) is 3.68. The predicted molar refractivity (Wildman–Crippen MR) is 94.2 cm³/mol. The zero-order chi connectivity index (χ0) is 17.3. The van der Waals surface area contributed by atoms with E-state index in [4.69, 9.17) is 11.6 Å². The van der Waals surface area contributed by atoms with Gasteiger partial charge in [-0.15, -0.1) is 0 Å². The molecular formula is C18H21ClFN3O. The van der Waals surface area contributed by atoms with Crippen molar-refractivity contribution in [3.8, 4) is 0 Å². The van der Waals surface area contributed by atoms with Crippen molar-refractivity contribution in [1.82, 2.24) is 9.78 Å². The first-order chi connectivity index (χ1) is 11.4. The highest BCUT2D eigenvalue weighted by atomic mass is 35.5. The van der Waals surface area contributed by atoms with Crippen LogP contribution < -0.4 is 10.5 Å². The van der Waals surface area contributed by atoms with Crippen molar-refractivity contribution in [2.45, 2.75) is 26.8 Å². The second-order valence-corrected chi connectivity index (χ2v) is 7.16. The number of piperidine rings is 1. The highest BCUT2D eigenvalue weighted by Crippen LogP contribution is 2.29. The molecule has 0 spiro atoms. The number of aromatic nitrogens is 2. The van der Waals surface area contributed by atoms with Gasteiger partial charge in [-0.3, -0.25) is 4.79 Å². The lowest BCUT2D eigenvalue weighted by molar-refractivity contribution is 0.356. The molecule has 1 aliphatic rings. The lowest BCUT2D eigenvalue weighted by Crippen LogP contribution is -2.40. The van der Waals surface area contributed by atoms with Gasteiger partial charge < -0.3 is 4.90 Å². The van der Waals surface area contributed by atoms with E-state index in [2.05, 4.69) is 23.8 Å². The number of rotatable bonds is 3. The summed E-state index contributed by atoms with van der Waals surface area (Å²) in [6.07, 6.45) is 2.85. The Hall–Kier alpha value is -1.88. The van der Waals surface area contributed by atoms with Gasteiger partial charge in [-0.05, 0) is 36.0 Å². The van der Waals surface area contributed by atoms with E-state index in [9.17, 15) is 9.18 Å². The summed E-state index contributed by atoms with van der Waals surface area (Å²) in [5, 5.41) is 4.47. The zero-order valence-corrected chi connectivity index (χ0v) is 14.6. The summed E-state index contributed by atoms with van der Waals surface area (Å²) in [4.78, 5) is 14.7. The van der Waals surface area contributed by atoms with Crippen LogP contribution in [0.5, 0.6) is 0 Å². The first-order valence-corrected chi connectivity index (χ1v) is 8.57. The summed E-state index contributed by atoms with van der Waals surface area (Å²) < 4.78 is 14.3. The topological polar surface area (TPSA) is 38.1 Å². The lowest BCUT2D eigenvalue weighted by Gasteiger charge is -2.36. The Balaban J connectivity index is 1.86. The number of hydrogen-bond donors (Lipinski definition) is 0. The van der Waals surface area contributed by atoms with Crippen molar-refractivity contribution >= 4 is 17.3 Å². The van der Waals surface area contributed by atoms with E-state index < -0.39 is 0 Å². The van der Waals surface area contributed by atoms with Gasteiger partial charge in [0, 0.05) is 13.1 Å². The predicted octanol–water partition coefficient (Wildman–Crippen LogP) is 3.57. The average molecular weight is 350 g/mol. The van der Waals surface area contributed by atoms with Gasteiger partial charge in [-0.1, -0.05) is 37.6 Å². The highest BCUT2D eigenvalue weighted by Gasteiger charge is 2.25. The molecule has 1 aliphatic heterocycles. The number of anilines is 1.